The number of aliphatic carboxylic acids is 1. The zero-order chi connectivity index (χ0) is 27.7. The van der Waals surface area contributed by atoms with Gasteiger partial charge in [-0.05, 0) is 79.6 Å². The van der Waals surface area contributed by atoms with Crippen LogP contribution in [0.5, 0.6) is 11.5 Å². The molecule has 3 aromatic rings. The number of halogens is 1. The molecule has 2 aliphatic rings. The van der Waals surface area contributed by atoms with Crippen LogP contribution < -0.4 is 9.47 Å². The largest absolute Gasteiger partial charge is 0.492 e. The molecule has 0 amide bonds. The summed E-state index contributed by atoms with van der Waals surface area (Å²) >= 11 is 0. The molecule has 2 aromatic carbocycles. The number of allylic oxidation sites excluding steroid dienone is 3. The molecular formula is C32H33FN2O4. The van der Waals surface area contributed by atoms with Gasteiger partial charge in [-0.3, -0.25) is 4.79 Å². The van der Waals surface area contributed by atoms with Gasteiger partial charge in [0.25, 0.3) is 0 Å². The molecule has 39 heavy (non-hydrogen) atoms. The first-order chi connectivity index (χ1) is 18.7. The number of benzene rings is 2. The molecule has 2 atom stereocenters. The molecule has 0 saturated carbocycles. The number of carboxylic acid groups (broad SMARTS) is 1. The summed E-state index contributed by atoms with van der Waals surface area (Å²) in [6, 6.07) is 9.68. The fourth-order valence-electron chi connectivity index (χ4n) is 5.63. The maximum atomic E-state index is 15.3. The van der Waals surface area contributed by atoms with Crippen molar-refractivity contribution in [3.63, 3.8) is 0 Å². The van der Waals surface area contributed by atoms with Crippen LogP contribution in [0, 0.1) is 13.8 Å². The molecule has 0 spiro atoms. The van der Waals surface area contributed by atoms with Gasteiger partial charge >= 0.3 is 5.97 Å². The third kappa shape index (κ3) is 5.53. The van der Waals surface area contributed by atoms with Gasteiger partial charge in [-0.1, -0.05) is 18.7 Å². The highest BCUT2D eigenvalue weighted by atomic mass is 19.1. The average Bonchev–Trinajstić information content (AvgIpc) is 3.50. The van der Waals surface area contributed by atoms with Gasteiger partial charge in [0.15, 0.2) is 0 Å². The molecule has 0 saturated heterocycles. The SMILES string of the molecule is C=C1/C(F)=C\C=C(\c2c(C)cc(-c3nccn3C)cc2C)CCC[C@H]1Oc1ccc2c(c1)OC[C@H]2CC(=O)O. The van der Waals surface area contributed by atoms with Crippen molar-refractivity contribution in [1.82, 2.24) is 9.55 Å². The van der Waals surface area contributed by atoms with Crippen molar-refractivity contribution in [2.75, 3.05) is 6.61 Å². The maximum Gasteiger partial charge on any atom is 0.304 e. The van der Waals surface area contributed by atoms with Crippen molar-refractivity contribution in [1.29, 1.82) is 0 Å². The second-order valence-corrected chi connectivity index (χ2v) is 10.4. The Kier molecular flexibility index (Phi) is 7.42. The number of carboxylic acids is 1. The normalized spacial score (nSPS) is 21.9. The van der Waals surface area contributed by atoms with Crippen molar-refractivity contribution in [3.8, 4) is 22.9 Å². The number of fused-ring (bicyclic) bond motifs is 1. The van der Waals surface area contributed by atoms with Crippen molar-refractivity contribution in [2.24, 2.45) is 7.05 Å². The smallest absolute Gasteiger partial charge is 0.304 e. The summed E-state index contributed by atoms with van der Waals surface area (Å²) in [5, 5.41) is 9.14. The van der Waals surface area contributed by atoms with E-state index in [1.54, 1.807) is 18.3 Å². The van der Waals surface area contributed by atoms with E-state index in [2.05, 4.69) is 37.5 Å². The Hall–Kier alpha value is -4.13. The minimum atomic E-state index is -0.858. The number of carbonyl (C=O) groups is 1. The quantitative estimate of drug-likeness (QED) is 0.370. The Morgan fingerprint density at radius 1 is 1.23 bits per heavy atom. The number of ether oxygens (including phenoxy) is 2. The van der Waals surface area contributed by atoms with Crippen LogP contribution in [0.1, 0.15) is 53.9 Å². The summed E-state index contributed by atoms with van der Waals surface area (Å²) in [5.74, 6) is 0.635. The van der Waals surface area contributed by atoms with Gasteiger partial charge in [0, 0.05) is 48.1 Å². The number of aromatic nitrogens is 2. The summed E-state index contributed by atoms with van der Waals surface area (Å²) < 4.78 is 29.2. The number of aryl methyl sites for hydroxylation is 3. The van der Waals surface area contributed by atoms with Crippen LogP contribution in [-0.4, -0.2) is 33.3 Å². The summed E-state index contributed by atoms with van der Waals surface area (Å²) in [5.41, 5.74) is 6.68. The predicted molar refractivity (Wildman–Crippen MR) is 150 cm³/mol. The van der Waals surface area contributed by atoms with E-state index in [4.69, 9.17) is 14.6 Å². The van der Waals surface area contributed by atoms with E-state index >= 15 is 4.39 Å². The lowest BCUT2D eigenvalue weighted by molar-refractivity contribution is -0.137. The van der Waals surface area contributed by atoms with Crippen LogP contribution >= 0.6 is 0 Å². The van der Waals surface area contributed by atoms with Crippen LogP contribution in [-0.2, 0) is 11.8 Å². The molecular weight excluding hydrogens is 495 g/mol. The number of hydrogen-bond donors (Lipinski definition) is 1. The molecule has 0 radical (unpaired) electrons. The highest BCUT2D eigenvalue weighted by molar-refractivity contribution is 5.75. The van der Waals surface area contributed by atoms with E-state index < -0.39 is 17.9 Å². The first kappa shape index (κ1) is 26.5. The van der Waals surface area contributed by atoms with E-state index in [0.717, 1.165) is 52.1 Å². The highest BCUT2D eigenvalue weighted by Gasteiger charge is 2.28. The first-order valence-corrected chi connectivity index (χ1v) is 13.2. The molecule has 0 fully saturated rings. The van der Waals surface area contributed by atoms with Crippen molar-refractivity contribution in [3.05, 3.63) is 95.1 Å². The maximum absolute atomic E-state index is 15.3. The molecule has 7 heteroatoms. The Balaban J connectivity index is 1.33. The molecule has 202 valence electrons. The lowest BCUT2D eigenvalue weighted by Gasteiger charge is -2.21. The first-order valence-electron chi connectivity index (χ1n) is 13.2. The van der Waals surface area contributed by atoms with E-state index in [1.165, 1.54) is 6.08 Å². The van der Waals surface area contributed by atoms with Crippen LogP contribution in [0.25, 0.3) is 17.0 Å². The predicted octanol–water partition coefficient (Wildman–Crippen LogP) is 7.08. The van der Waals surface area contributed by atoms with E-state index in [0.29, 0.717) is 30.1 Å². The second-order valence-electron chi connectivity index (χ2n) is 10.4. The number of hydrogen-bond acceptors (Lipinski definition) is 4. The summed E-state index contributed by atoms with van der Waals surface area (Å²) in [4.78, 5) is 15.6. The Morgan fingerprint density at radius 2 is 2.00 bits per heavy atom. The zero-order valence-corrected chi connectivity index (χ0v) is 22.5. The molecule has 6 nitrogen and oxygen atoms in total. The van der Waals surface area contributed by atoms with Gasteiger partial charge in [-0.2, -0.15) is 0 Å². The molecule has 1 aliphatic carbocycles. The summed E-state index contributed by atoms with van der Waals surface area (Å²) in [7, 11) is 1.98. The van der Waals surface area contributed by atoms with Gasteiger partial charge < -0.3 is 19.1 Å². The molecule has 1 aromatic heterocycles. The Bertz CT molecular complexity index is 1480. The highest BCUT2D eigenvalue weighted by Crippen LogP contribution is 2.39. The monoisotopic (exact) mass is 528 g/mol. The van der Waals surface area contributed by atoms with Crippen molar-refractivity contribution >= 4 is 11.5 Å². The molecule has 5 rings (SSSR count). The zero-order valence-electron chi connectivity index (χ0n) is 22.5. The number of rotatable bonds is 6. The third-order valence-corrected chi connectivity index (χ3v) is 7.54. The summed E-state index contributed by atoms with van der Waals surface area (Å²) in [6.07, 6.45) is 8.72. The summed E-state index contributed by atoms with van der Waals surface area (Å²) in [6.45, 7) is 8.51. The van der Waals surface area contributed by atoms with E-state index in [9.17, 15) is 4.79 Å². The molecule has 1 N–H and O–H groups in total. The van der Waals surface area contributed by atoms with Crippen LogP contribution in [0.3, 0.4) is 0 Å². The third-order valence-electron chi connectivity index (χ3n) is 7.54. The van der Waals surface area contributed by atoms with Gasteiger partial charge in [-0.25, -0.2) is 9.37 Å². The topological polar surface area (TPSA) is 73.6 Å². The van der Waals surface area contributed by atoms with Crippen LogP contribution in [0.4, 0.5) is 4.39 Å². The Morgan fingerprint density at radius 3 is 2.69 bits per heavy atom. The fraction of sp³-hybridized carbons (Fsp3) is 0.312. The Labute approximate surface area is 228 Å². The molecule has 2 heterocycles. The van der Waals surface area contributed by atoms with Crippen molar-refractivity contribution < 1.29 is 23.8 Å². The lowest BCUT2D eigenvalue weighted by Crippen LogP contribution is -2.19. The van der Waals surface area contributed by atoms with Crippen molar-refractivity contribution in [2.45, 2.75) is 51.6 Å². The number of imidazole rings is 1. The molecule has 0 bridgehead atoms. The average molecular weight is 529 g/mol. The standard InChI is InChI=1S/C32H33FN2O4/c1-19-14-23(32-34-12-13-35(32)4)15-20(2)31(19)22-6-5-7-28(21(3)27(33)11-8-22)39-25-9-10-26-24(16-30(36)37)18-38-29(26)17-25/h8-15,17,24,28H,3,5-7,16,18H2,1-2,4H3,(H,36,37)/b22-8+,27-11+/t24-,28-/m1/s1. The minimum Gasteiger partial charge on any atom is -0.492 e. The minimum absolute atomic E-state index is 0.0165. The molecule has 0 unspecified atom stereocenters. The van der Waals surface area contributed by atoms with Gasteiger partial charge in [0.05, 0.1) is 13.0 Å². The van der Waals surface area contributed by atoms with Crippen LogP contribution in [0.15, 0.2) is 72.9 Å². The fourth-order valence-corrected chi connectivity index (χ4v) is 5.63. The lowest BCUT2D eigenvalue weighted by atomic mass is 9.90. The number of nitrogens with zero attached hydrogens (tertiary/aromatic N) is 2. The van der Waals surface area contributed by atoms with E-state index in [-0.39, 0.29) is 12.3 Å². The van der Waals surface area contributed by atoms with Gasteiger partial charge in [-0.15, -0.1) is 0 Å². The van der Waals surface area contributed by atoms with E-state index in [1.807, 2.05) is 30.0 Å². The van der Waals surface area contributed by atoms with Gasteiger partial charge in [0.2, 0.25) is 0 Å². The molecule has 1 aliphatic heterocycles. The van der Waals surface area contributed by atoms with Gasteiger partial charge in [0.1, 0.15) is 29.3 Å². The van der Waals surface area contributed by atoms with Crippen LogP contribution in [0.2, 0.25) is 0 Å². The second kappa shape index (κ2) is 10.9.